The smallest absolute Gasteiger partial charge is 0.224 e. The van der Waals surface area contributed by atoms with E-state index in [0.29, 0.717) is 25.2 Å². The lowest BCUT2D eigenvalue weighted by atomic mass is 9.68. The van der Waals surface area contributed by atoms with Gasteiger partial charge in [0.05, 0.1) is 16.7 Å². The van der Waals surface area contributed by atoms with E-state index in [1.807, 2.05) is 37.3 Å². The Hall–Kier alpha value is -2.63. The van der Waals surface area contributed by atoms with E-state index in [1.165, 1.54) is 0 Å². The Kier molecular flexibility index (Phi) is 6.55. The van der Waals surface area contributed by atoms with Crippen LogP contribution in [0.2, 0.25) is 0 Å². The minimum Gasteiger partial charge on any atom is -0.511 e. The predicted octanol–water partition coefficient (Wildman–Crippen LogP) is 3.07. The number of Topliss-reactive ketones (excluding diaryl/α,β-unsaturated/α-hetero) is 1. The third-order valence-electron chi connectivity index (χ3n) is 4.56. The third kappa shape index (κ3) is 4.31. The van der Waals surface area contributed by atoms with Crippen molar-refractivity contribution in [3.63, 3.8) is 0 Å². The molecule has 6 heteroatoms. The first-order valence-corrected chi connectivity index (χ1v) is 8.92. The molecule has 3 N–H and O–H groups in total. The van der Waals surface area contributed by atoms with Crippen molar-refractivity contribution in [2.45, 2.75) is 46.0 Å². The molecule has 0 fully saturated rings. The summed E-state index contributed by atoms with van der Waals surface area (Å²) in [5, 5.41) is 14.6. The molecule has 140 valence electrons. The fourth-order valence-electron chi connectivity index (χ4n) is 3.32. The number of oxime groups is 1. The summed E-state index contributed by atoms with van der Waals surface area (Å²) in [6.07, 6.45) is 1.53. The minimum atomic E-state index is -1.13. The van der Waals surface area contributed by atoms with Gasteiger partial charge in [-0.15, -0.1) is 0 Å². The largest absolute Gasteiger partial charge is 0.511 e. The fourth-order valence-corrected chi connectivity index (χ4v) is 3.32. The highest BCUT2D eigenvalue weighted by atomic mass is 16.6. The molecule has 2 rings (SSSR count). The first kappa shape index (κ1) is 19.7. The van der Waals surface area contributed by atoms with E-state index in [0.717, 1.165) is 12.0 Å². The Morgan fingerprint density at radius 2 is 1.96 bits per heavy atom. The molecule has 0 saturated heterocycles. The molecule has 0 spiro atoms. The van der Waals surface area contributed by atoms with Crippen molar-refractivity contribution in [2.75, 3.05) is 6.61 Å². The second-order valence-electron chi connectivity index (χ2n) is 6.61. The summed E-state index contributed by atoms with van der Waals surface area (Å²) in [5.41, 5.74) is 6.02. The second kappa shape index (κ2) is 8.65. The van der Waals surface area contributed by atoms with Crippen LogP contribution in [0.4, 0.5) is 0 Å². The van der Waals surface area contributed by atoms with Gasteiger partial charge in [0, 0.05) is 12.8 Å². The number of primary amides is 1. The molecule has 26 heavy (non-hydrogen) atoms. The van der Waals surface area contributed by atoms with Crippen molar-refractivity contribution in [1.29, 1.82) is 0 Å². The summed E-state index contributed by atoms with van der Waals surface area (Å²) in [6.45, 7) is 4.12. The molecule has 1 atom stereocenters. The van der Waals surface area contributed by atoms with Crippen molar-refractivity contribution in [3.8, 4) is 0 Å². The van der Waals surface area contributed by atoms with Gasteiger partial charge < -0.3 is 15.7 Å². The number of nitrogens with two attached hydrogens (primary N) is 1. The van der Waals surface area contributed by atoms with E-state index in [9.17, 15) is 14.7 Å². The van der Waals surface area contributed by atoms with Crippen LogP contribution >= 0.6 is 0 Å². The fraction of sp³-hybridized carbons (Fsp3) is 0.450. The van der Waals surface area contributed by atoms with Gasteiger partial charge >= 0.3 is 0 Å². The molecule has 0 saturated carbocycles. The predicted molar refractivity (Wildman–Crippen MR) is 99.6 cm³/mol. The zero-order valence-electron chi connectivity index (χ0n) is 15.3. The Balaban J connectivity index is 2.39. The molecule has 0 radical (unpaired) electrons. The normalized spacial score (nSPS) is 21.0. The summed E-state index contributed by atoms with van der Waals surface area (Å²) in [4.78, 5) is 30.2. The standard InChI is InChI=1S/C20H26N2O4/c1-3-8-15(22-26-4-2)18-16(23)12-20(19(21)25,13-17(18)24)11-14-9-6-5-7-10-14/h5-7,9-10,23H,3-4,8,11-13H2,1-2H3,(H2,21,25). The molecular formula is C20H26N2O4. The first-order chi connectivity index (χ1) is 12.4. The maximum Gasteiger partial charge on any atom is 0.224 e. The number of nitrogens with zero attached hydrogens (tertiary/aromatic N) is 1. The quantitative estimate of drug-likeness (QED) is 0.551. The van der Waals surface area contributed by atoms with Crippen LogP contribution < -0.4 is 5.73 Å². The summed E-state index contributed by atoms with van der Waals surface area (Å²) >= 11 is 0. The average molecular weight is 358 g/mol. The van der Waals surface area contributed by atoms with Crippen LogP contribution in [0.25, 0.3) is 0 Å². The van der Waals surface area contributed by atoms with Crippen molar-refractivity contribution < 1.29 is 19.5 Å². The van der Waals surface area contributed by atoms with Gasteiger partial charge in [0.25, 0.3) is 0 Å². The van der Waals surface area contributed by atoms with E-state index >= 15 is 0 Å². The number of carbonyl (C=O) groups is 2. The van der Waals surface area contributed by atoms with Crippen LogP contribution in [0.15, 0.2) is 46.8 Å². The van der Waals surface area contributed by atoms with Gasteiger partial charge in [-0.25, -0.2) is 0 Å². The number of aliphatic hydroxyl groups is 1. The molecule has 0 aliphatic heterocycles. The number of amides is 1. The SMILES string of the molecule is CCCC(=NOCC)C1=C(O)CC(Cc2ccccc2)(C(N)=O)CC1=O. The lowest BCUT2D eigenvalue weighted by Crippen LogP contribution is -2.44. The van der Waals surface area contributed by atoms with Gasteiger partial charge in [-0.1, -0.05) is 48.8 Å². The number of hydrogen-bond acceptors (Lipinski definition) is 5. The molecule has 1 unspecified atom stereocenters. The molecule has 1 aromatic carbocycles. The van der Waals surface area contributed by atoms with Gasteiger partial charge in [0.15, 0.2) is 5.78 Å². The topological polar surface area (TPSA) is 102 Å². The number of aliphatic hydroxyl groups excluding tert-OH is 1. The van der Waals surface area contributed by atoms with E-state index < -0.39 is 11.3 Å². The first-order valence-electron chi connectivity index (χ1n) is 8.92. The van der Waals surface area contributed by atoms with Gasteiger partial charge in [-0.3, -0.25) is 9.59 Å². The molecule has 6 nitrogen and oxygen atoms in total. The van der Waals surface area contributed by atoms with Crippen LogP contribution in [0, 0.1) is 5.41 Å². The number of allylic oxidation sites excluding steroid dienone is 2. The highest BCUT2D eigenvalue weighted by Crippen LogP contribution is 2.40. The molecule has 1 aliphatic carbocycles. The van der Waals surface area contributed by atoms with Gasteiger partial charge in [0.1, 0.15) is 12.4 Å². The van der Waals surface area contributed by atoms with Crippen LogP contribution in [0.1, 0.15) is 45.1 Å². The van der Waals surface area contributed by atoms with Crippen molar-refractivity contribution in [1.82, 2.24) is 0 Å². The molecular weight excluding hydrogens is 332 g/mol. The second-order valence-corrected chi connectivity index (χ2v) is 6.61. The Labute approximate surface area is 153 Å². The zero-order chi connectivity index (χ0) is 19.2. The number of rotatable bonds is 8. The number of hydrogen-bond donors (Lipinski definition) is 2. The van der Waals surface area contributed by atoms with Crippen LogP contribution in [-0.2, 0) is 20.8 Å². The zero-order valence-corrected chi connectivity index (χ0v) is 15.3. The van der Waals surface area contributed by atoms with E-state index in [4.69, 9.17) is 10.6 Å². The minimum absolute atomic E-state index is 0.0210. The maximum atomic E-state index is 12.8. The van der Waals surface area contributed by atoms with Crippen molar-refractivity contribution >= 4 is 17.4 Å². The number of carbonyl (C=O) groups excluding carboxylic acids is 2. The monoisotopic (exact) mass is 358 g/mol. The number of benzene rings is 1. The third-order valence-corrected chi connectivity index (χ3v) is 4.56. The Morgan fingerprint density at radius 1 is 1.27 bits per heavy atom. The van der Waals surface area contributed by atoms with Gasteiger partial charge in [-0.05, 0) is 25.3 Å². The number of ketones is 1. The maximum absolute atomic E-state index is 12.8. The molecule has 1 aliphatic rings. The van der Waals surface area contributed by atoms with E-state index in [-0.39, 0.29) is 30.0 Å². The Morgan fingerprint density at radius 3 is 2.50 bits per heavy atom. The van der Waals surface area contributed by atoms with E-state index in [1.54, 1.807) is 6.92 Å². The van der Waals surface area contributed by atoms with Crippen LogP contribution in [0.5, 0.6) is 0 Å². The van der Waals surface area contributed by atoms with Crippen LogP contribution in [0.3, 0.4) is 0 Å². The lowest BCUT2D eigenvalue weighted by molar-refractivity contribution is -0.133. The molecule has 0 aromatic heterocycles. The van der Waals surface area contributed by atoms with Gasteiger partial charge in [0.2, 0.25) is 5.91 Å². The summed E-state index contributed by atoms with van der Waals surface area (Å²) in [6, 6.07) is 9.37. The molecule has 1 aromatic rings. The average Bonchev–Trinajstić information content (AvgIpc) is 2.59. The van der Waals surface area contributed by atoms with Crippen molar-refractivity contribution in [2.24, 2.45) is 16.3 Å². The van der Waals surface area contributed by atoms with Gasteiger partial charge in [-0.2, -0.15) is 0 Å². The lowest BCUT2D eigenvalue weighted by Gasteiger charge is -2.34. The highest BCUT2D eigenvalue weighted by Gasteiger charge is 2.45. The van der Waals surface area contributed by atoms with Crippen LogP contribution in [-0.4, -0.2) is 29.1 Å². The molecule has 0 heterocycles. The summed E-state index contributed by atoms with van der Waals surface area (Å²) in [5.74, 6) is -1.04. The highest BCUT2D eigenvalue weighted by molar-refractivity contribution is 6.23. The molecule has 1 amide bonds. The van der Waals surface area contributed by atoms with E-state index in [2.05, 4.69) is 5.16 Å². The van der Waals surface area contributed by atoms with Crippen molar-refractivity contribution in [3.05, 3.63) is 47.2 Å². The summed E-state index contributed by atoms with van der Waals surface area (Å²) in [7, 11) is 0. The molecule has 0 bridgehead atoms. The summed E-state index contributed by atoms with van der Waals surface area (Å²) < 4.78 is 0. The Bertz CT molecular complexity index is 725.